The monoisotopic (exact) mass is 264 g/mol. The predicted molar refractivity (Wildman–Crippen MR) is 82.1 cm³/mol. The molecule has 20 heavy (non-hydrogen) atoms. The molecule has 1 fully saturated rings. The van der Waals surface area contributed by atoms with Gasteiger partial charge in [0.2, 0.25) is 0 Å². The van der Waals surface area contributed by atoms with Gasteiger partial charge in [0.05, 0.1) is 0 Å². The summed E-state index contributed by atoms with van der Waals surface area (Å²) in [6, 6.07) is 18.2. The number of rotatable bonds is 5. The van der Waals surface area contributed by atoms with E-state index in [4.69, 9.17) is 0 Å². The molecule has 1 aliphatic carbocycles. The Morgan fingerprint density at radius 3 is 2.35 bits per heavy atom. The van der Waals surface area contributed by atoms with Crippen LogP contribution in [-0.4, -0.2) is 5.78 Å². The highest BCUT2D eigenvalue weighted by molar-refractivity contribution is 5.96. The number of hydrogen-bond donors (Lipinski definition) is 0. The lowest BCUT2D eigenvalue weighted by atomic mass is 9.77. The van der Waals surface area contributed by atoms with Gasteiger partial charge < -0.3 is 0 Å². The third-order valence-corrected chi connectivity index (χ3v) is 4.32. The molecular weight excluding hydrogens is 244 g/mol. The van der Waals surface area contributed by atoms with Gasteiger partial charge in [-0.3, -0.25) is 4.79 Å². The molecule has 0 unspecified atom stereocenters. The van der Waals surface area contributed by atoms with E-state index in [9.17, 15) is 4.79 Å². The van der Waals surface area contributed by atoms with Crippen molar-refractivity contribution in [2.75, 3.05) is 0 Å². The second-order valence-electron chi connectivity index (χ2n) is 5.62. The van der Waals surface area contributed by atoms with Crippen LogP contribution in [0.2, 0.25) is 0 Å². The van der Waals surface area contributed by atoms with E-state index < -0.39 is 0 Å². The molecule has 1 heteroatoms. The first-order valence-electron chi connectivity index (χ1n) is 7.50. The fraction of sp³-hybridized carbons (Fsp3) is 0.316. The number of Topliss-reactive ketones (excluding diaryl/α,β-unsaturated/α-hetero) is 1. The van der Waals surface area contributed by atoms with E-state index in [1.165, 1.54) is 30.4 Å². The van der Waals surface area contributed by atoms with Crippen LogP contribution < -0.4 is 0 Å². The second-order valence-corrected chi connectivity index (χ2v) is 5.62. The first-order chi connectivity index (χ1) is 9.84. The zero-order valence-corrected chi connectivity index (χ0v) is 11.7. The molecule has 102 valence electrons. The summed E-state index contributed by atoms with van der Waals surface area (Å²) in [5, 5.41) is 0. The van der Waals surface area contributed by atoms with Crippen LogP contribution in [-0.2, 0) is 6.42 Å². The molecule has 1 aliphatic rings. The van der Waals surface area contributed by atoms with Gasteiger partial charge in [0.25, 0.3) is 0 Å². The lowest BCUT2D eigenvalue weighted by Gasteiger charge is -2.28. The van der Waals surface area contributed by atoms with Crippen LogP contribution in [0.25, 0.3) is 0 Å². The summed E-state index contributed by atoms with van der Waals surface area (Å²) in [6.07, 6.45) is 5.43. The van der Waals surface area contributed by atoms with E-state index in [1.807, 2.05) is 30.3 Å². The van der Waals surface area contributed by atoms with Gasteiger partial charge in [-0.05, 0) is 36.3 Å². The zero-order valence-electron chi connectivity index (χ0n) is 11.7. The summed E-state index contributed by atoms with van der Waals surface area (Å²) < 4.78 is 0. The SMILES string of the molecule is O=C(CCc1ccccc1C1CCC1)c1ccccc1. The minimum absolute atomic E-state index is 0.244. The van der Waals surface area contributed by atoms with Crippen LogP contribution in [0, 0.1) is 0 Å². The van der Waals surface area contributed by atoms with Gasteiger partial charge in [0, 0.05) is 12.0 Å². The van der Waals surface area contributed by atoms with Crippen molar-refractivity contribution >= 4 is 5.78 Å². The van der Waals surface area contributed by atoms with Crippen LogP contribution in [0.1, 0.15) is 53.1 Å². The van der Waals surface area contributed by atoms with Gasteiger partial charge in [0.1, 0.15) is 0 Å². The third kappa shape index (κ3) is 2.82. The summed E-state index contributed by atoms with van der Waals surface area (Å²) >= 11 is 0. The first-order valence-corrected chi connectivity index (χ1v) is 7.50. The van der Waals surface area contributed by atoms with Crippen molar-refractivity contribution in [3.8, 4) is 0 Å². The maximum absolute atomic E-state index is 12.2. The normalized spacial score (nSPS) is 14.8. The summed E-state index contributed by atoms with van der Waals surface area (Å²) in [5.74, 6) is 0.979. The number of benzene rings is 2. The van der Waals surface area contributed by atoms with Crippen molar-refractivity contribution in [1.82, 2.24) is 0 Å². The molecule has 2 aromatic carbocycles. The van der Waals surface area contributed by atoms with E-state index >= 15 is 0 Å². The molecule has 1 nitrogen and oxygen atoms in total. The number of carbonyl (C=O) groups excluding carboxylic acids is 1. The van der Waals surface area contributed by atoms with E-state index in [0.717, 1.165) is 17.9 Å². The van der Waals surface area contributed by atoms with Crippen molar-refractivity contribution in [2.24, 2.45) is 0 Å². The topological polar surface area (TPSA) is 17.1 Å². The van der Waals surface area contributed by atoms with Crippen molar-refractivity contribution in [2.45, 2.75) is 38.0 Å². The second kappa shape index (κ2) is 6.04. The van der Waals surface area contributed by atoms with Crippen LogP contribution in [0.4, 0.5) is 0 Å². The van der Waals surface area contributed by atoms with E-state index in [-0.39, 0.29) is 5.78 Å². The number of aryl methyl sites for hydroxylation is 1. The van der Waals surface area contributed by atoms with Crippen molar-refractivity contribution in [3.05, 3.63) is 71.3 Å². The van der Waals surface area contributed by atoms with Gasteiger partial charge in [-0.15, -0.1) is 0 Å². The number of ketones is 1. The van der Waals surface area contributed by atoms with Crippen LogP contribution in [0.5, 0.6) is 0 Å². The minimum Gasteiger partial charge on any atom is -0.294 e. The summed E-state index contributed by atoms with van der Waals surface area (Å²) in [7, 11) is 0. The van der Waals surface area contributed by atoms with Crippen LogP contribution in [0.3, 0.4) is 0 Å². The average Bonchev–Trinajstić information content (AvgIpc) is 2.45. The molecule has 2 aromatic rings. The standard InChI is InChI=1S/C19H20O/c20-19(17-8-2-1-3-9-17)14-13-16-7-4-5-12-18(16)15-10-6-11-15/h1-5,7-9,12,15H,6,10-11,13-14H2. The van der Waals surface area contributed by atoms with Gasteiger partial charge in [-0.1, -0.05) is 61.0 Å². The Hall–Kier alpha value is -1.89. The Morgan fingerprint density at radius 2 is 1.65 bits per heavy atom. The summed E-state index contributed by atoms with van der Waals surface area (Å²) in [5.41, 5.74) is 3.66. The van der Waals surface area contributed by atoms with Crippen molar-refractivity contribution in [1.29, 1.82) is 0 Å². The molecule has 0 aliphatic heterocycles. The van der Waals surface area contributed by atoms with Gasteiger partial charge in [-0.25, -0.2) is 0 Å². The van der Waals surface area contributed by atoms with Crippen LogP contribution in [0.15, 0.2) is 54.6 Å². The van der Waals surface area contributed by atoms with Gasteiger partial charge in [0.15, 0.2) is 5.78 Å². The molecule has 0 bridgehead atoms. The molecule has 0 amide bonds. The Bertz CT molecular complexity index is 582. The molecule has 0 atom stereocenters. The molecule has 0 aromatic heterocycles. The molecule has 0 heterocycles. The van der Waals surface area contributed by atoms with Crippen LogP contribution >= 0.6 is 0 Å². The number of carbonyl (C=O) groups is 1. The summed E-state index contributed by atoms with van der Waals surface area (Å²) in [6.45, 7) is 0. The average molecular weight is 264 g/mol. The highest BCUT2D eigenvalue weighted by atomic mass is 16.1. The predicted octanol–water partition coefficient (Wildman–Crippen LogP) is 4.77. The maximum atomic E-state index is 12.2. The Morgan fingerprint density at radius 1 is 0.950 bits per heavy atom. The molecule has 1 saturated carbocycles. The molecular formula is C19H20O. The van der Waals surface area contributed by atoms with Crippen molar-refractivity contribution < 1.29 is 4.79 Å². The molecule has 3 rings (SSSR count). The Balaban J connectivity index is 1.68. The van der Waals surface area contributed by atoms with E-state index in [0.29, 0.717) is 6.42 Å². The molecule has 0 saturated heterocycles. The molecule has 0 radical (unpaired) electrons. The lowest BCUT2D eigenvalue weighted by molar-refractivity contribution is 0.0982. The van der Waals surface area contributed by atoms with E-state index in [1.54, 1.807) is 0 Å². The van der Waals surface area contributed by atoms with Gasteiger partial charge in [-0.2, -0.15) is 0 Å². The Kier molecular flexibility index (Phi) is 3.96. The highest BCUT2D eigenvalue weighted by Crippen LogP contribution is 2.38. The fourth-order valence-electron chi connectivity index (χ4n) is 2.90. The number of hydrogen-bond acceptors (Lipinski definition) is 1. The maximum Gasteiger partial charge on any atom is 0.163 e. The quantitative estimate of drug-likeness (QED) is 0.711. The van der Waals surface area contributed by atoms with Crippen molar-refractivity contribution in [3.63, 3.8) is 0 Å². The lowest BCUT2D eigenvalue weighted by Crippen LogP contribution is -2.12. The minimum atomic E-state index is 0.244. The highest BCUT2D eigenvalue weighted by Gasteiger charge is 2.21. The van der Waals surface area contributed by atoms with E-state index in [2.05, 4.69) is 24.3 Å². The third-order valence-electron chi connectivity index (χ3n) is 4.32. The van der Waals surface area contributed by atoms with Gasteiger partial charge >= 0.3 is 0 Å². The zero-order chi connectivity index (χ0) is 13.8. The first kappa shape index (κ1) is 13.1. The molecule has 0 spiro atoms. The molecule has 0 N–H and O–H groups in total. The summed E-state index contributed by atoms with van der Waals surface area (Å²) in [4.78, 5) is 12.2. The Labute approximate surface area is 120 Å². The smallest absolute Gasteiger partial charge is 0.163 e. The largest absolute Gasteiger partial charge is 0.294 e. The fourth-order valence-corrected chi connectivity index (χ4v) is 2.90.